The van der Waals surface area contributed by atoms with Gasteiger partial charge in [0.25, 0.3) is 11.8 Å². The number of nitrogen functional groups attached to an aromatic ring is 1. The lowest BCUT2D eigenvalue weighted by Crippen LogP contribution is -2.34. The second-order valence-corrected chi connectivity index (χ2v) is 6.00. The summed E-state index contributed by atoms with van der Waals surface area (Å²) >= 11 is 0. The molecular weight excluding hydrogens is 400 g/mol. The van der Waals surface area contributed by atoms with E-state index in [1.807, 2.05) is 0 Å². The summed E-state index contributed by atoms with van der Waals surface area (Å²) in [7, 11) is 1.31. The van der Waals surface area contributed by atoms with Crippen molar-refractivity contribution in [1.29, 1.82) is 0 Å². The third-order valence-electron chi connectivity index (χ3n) is 3.91. The highest BCUT2D eigenvalue weighted by atomic mass is 19.1. The fraction of sp³-hybridized carbons (Fsp3) is 0.200. The maximum Gasteiger partial charge on any atom is 0.267 e. The quantitative estimate of drug-likeness (QED) is 0.359. The number of nitrogens with one attached hydrogen (secondary N) is 2. The van der Waals surface area contributed by atoms with Crippen LogP contribution in [-0.2, 0) is 11.3 Å². The van der Waals surface area contributed by atoms with Crippen molar-refractivity contribution in [2.24, 2.45) is 0 Å². The van der Waals surface area contributed by atoms with Gasteiger partial charge in [0.05, 0.1) is 19.4 Å². The molecule has 30 heavy (non-hydrogen) atoms. The highest BCUT2D eigenvalue weighted by Gasteiger charge is 2.22. The van der Waals surface area contributed by atoms with E-state index in [1.165, 1.54) is 31.4 Å². The molecule has 8 nitrogen and oxygen atoms in total. The second kappa shape index (κ2) is 10.2. The van der Waals surface area contributed by atoms with Gasteiger partial charge < -0.3 is 30.9 Å². The van der Waals surface area contributed by atoms with Crippen molar-refractivity contribution < 1.29 is 33.0 Å². The number of nitrogens with two attached hydrogens (primary N) is 1. The van der Waals surface area contributed by atoms with Crippen LogP contribution in [0.3, 0.4) is 0 Å². The molecule has 2 amide bonds. The highest BCUT2D eigenvalue weighted by molar-refractivity contribution is 6.06. The Bertz CT molecular complexity index is 966. The van der Waals surface area contributed by atoms with Gasteiger partial charge in [0.1, 0.15) is 12.2 Å². The molecule has 0 aliphatic rings. The van der Waals surface area contributed by atoms with Crippen LogP contribution >= 0.6 is 0 Å². The van der Waals surface area contributed by atoms with Crippen LogP contribution in [0, 0.1) is 11.6 Å². The summed E-state index contributed by atoms with van der Waals surface area (Å²) in [6, 6.07) is 6.24. The van der Waals surface area contributed by atoms with Crippen LogP contribution in [0.1, 0.15) is 15.9 Å². The predicted octanol–water partition coefficient (Wildman–Crippen LogP) is 1.49. The average molecular weight is 421 g/mol. The number of halogens is 2. The number of aliphatic hydroxyl groups excluding tert-OH is 1. The minimum absolute atomic E-state index is 0.0112. The lowest BCUT2D eigenvalue weighted by atomic mass is 10.1. The molecule has 0 unspecified atom stereocenters. The Labute approximate surface area is 171 Å². The molecule has 0 aliphatic heterocycles. The SMILES string of the molecule is C=C(NC(=O)c1c(N)ccc(F)c1OCCO)C(=O)NCc1ccc(F)c(OC)c1. The largest absolute Gasteiger partial charge is 0.494 e. The summed E-state index contributed by atoms with van der Waals surface area (Å²) in [6.07, 6.45) is 0. The number of hydrogen-bond donors (Lipinski definition) is 4. The summed E-state index contributed by atoms with van der Waals surface area (Å²) in [6.45, 7) is 2.83. The first-order valence-corrected chi connectivity index (χ1v) is 8.71. The van der Waals surface area contributed by atoms with Gasteiger partial charge in [-0.05, 0) is 29.8 Å². The van der Waals surface area contributed by atoms with Gasteiger partial charge in [-0.1, -0.05) is 12.6 Å². The monoisotopic (exact) mass is 421 g/mol. The molecule has 0 radical (unpaired) electrons. The zero-order valence-corrected chi connectivity index (χ0v) is 16.1. The summed E-state index contributed by atoms with van der Waals surface area (Å²) in [5.41, 5.74) is 5.55. The summed E-state index contributed by atoms with van der Waals surface area (Å²) < 4.78 is 37.4. The molecule has 0 heterocycles. The van der Waals surface area contributed by atoms with Crippen molar-refractivity contribution in [2.45, 2.75) is 6.54 Å². The van der Waals surface area contributed by atoms with Gasteiger partial charge in [-0.2, -0.15) is 0 Å². The number of benzene rings is 2. The van der Waals surface area contributed by atoms with Crippen molar-refractivity contribution in [2.75, 3.05) is 26.1 Å². The van der Waals surface area contributed by atoms with Crippen LogP contribution in [0.15, 0.2) is 42.6 Å². The van der Waals surface area contributed by atoms with Crippen LogP contribution in [-0.4, -0.2) is 37.2 Å². The van der Waals surface area contributed by atoms with E-state index >= 15 is 0 Å². The molecule has 2 aromatic carbocycles. The number of methoxy groups -OCH3 is 1. The van der Waals surface area contributed by atoms with Crippen molar-refractivity contribution in [3.05, 3.63) is 65.4 Å². The van der Waals surface area contributed by atoms with Gasteiger partial charge in [0, 0.05) is 12.2 Å². The fourth-order valence-electron chi connectivity index (χ4n) is 2.46. The number of hydrogen-bond acceptors (Lipinski definition) is 6. The summed E-state index contributed by atoms with van der Waals surface area (Å²) in [5, 5.41) is 13.6. The van der Waals surface area contributed by atoms with E-state index in [0.29, 0.717) is 5.56 Å². The minimum Gasteiger partial charge on any atom is -0.494 e. The van der Waals surface area contributed by atoms with Gasteiger partial charge in [0.2, 0.25) is 0 Å². The van der Waals surface area contributed by atoms with E-state index in [4.69, 9.17) is 20.3 Å². The number of ether oxygens (including phenoxy) is 2. The first-order valence-electron chi connectivity index (χ1n) is 8.71. The Morgan fingerprint density at radius 3 is 2.57 bits per heavy atom. The zero-order valence-electron chi connectivity index (χ0n) is 16.1. The van der Waals surface area contributed by atoms with E-state index < -0.39 is 35.8 Å². The van der Waals surface area contributed by atoms with E-state index in [2.05, 4.69) is 17.2 Å². The molecule has 0 saturated carbocycles. The molecule has 2 aromatic rings. The highest BCUT2D eigenvalue weighted by Crippen LogP contribution is 2.28. The van der Waals surface area contributed by atoms with Crippen LogP contribution in [0.4, 0.5) is 14.5 Å². The van der Waals surface area contributed by atoms with Gasteiger partial charge >= 0.3 is 0 Å². The first kappa shape index (κ1) is 22.6. The molecular formula is C20H21F2N3O5. The number of anilines is 1. The lowest BCUT2D eigenvalue weighted by Gasteiger charge is -2.15. The Balaban J connectivity index is 2.06. The van der Waals surface area contributed by atoms with Crippen molar-refractivity contribution in [3.8, 4) is 11.5 Å². The minimum atomic E-state index is -0.913. The molecule has 10 heteroatoms. The smallest absolute Gasteiger partial charge is 0.267 e. The van der Waals surface area contributed by atoms with Gasteiger partial charge in [-0.15, -0.1) is 0 Å². The lowest BCUT2D eigenvalue weighted by molar-refractivity contribution is -0.117. The molecule has 0 spiro atoms. The third-order valence-corrected chi connectivity index (χ3v) is 3.91. The molecule has 160 valence electrons. The van der Waals surface area contributed by atoms with Crippen molar-refractivity contribution in [1.82, 2.24) is 10.6 Å². The molecule has 0 aliphatic carbocycles. The van der Waals surface area contributed by atoms with Crippen molar-refractivity contribution in [3.63, 3.8) is 0 Å². The van der Waals surface area contributed by atoms with Gasteiger partial charge in [0.15, 0.2) is 23.1 Å². The number of rotatable bonds is 9. The Morgan fingerprint density at radius 1 is 1.20 bits per heavy atom. The normalized spacial score (nSPS) is 10.3. The van der Waals surface area contributed by atoms with Crippen LogP contribution in [0.25, 0.3) is 0 Å². The number of carbonyl (C=O) groups excluding carboxylic acids is 2. The van der Waals surface area contributed by atoms with Crippen LogP contribution in [0.2, 0.25) is 0 Å². The molecule has 0 fully saturated rings. The van der Waals surface area contributed by atoms with Gasteiger partial charge in [-0.25, -0.2) is 8.78 Å². The molecule has 0 aromatic heterocycles. The Morgan fingerprint density at radius 2 is 1.90 bits per heavy atom. The van der Waals surface area contributed by atoms with Crippen LogP contribution < -0.4 is 25.8 Å². The third kappa shape index (κ3) is 5.45. The summed E-state index contributed by atoms with van der Waals surface area (Å²) in [4.78, 5) is 24.7. The number of amides is 2. The average Bonchev–Trinajstić information content (AvgIpc) is 2.73. The van der Waals surface area contributed by atoms with E-state index in [1.54, 1.807) is 0 Å². The molecule has 0 saturated heterocycles. The van der Waals surface area contributed by atoms with E-state index in [9.17, 15) is 18.4 Å². The van der Waals surface area contributed by atoms with E-state index in [0.717, 1.165) is 6.07 Å². The molecule has 0 bridgehead atoms. The molecule has 5 N–H and O–H groups in total. The standard InChI is InChI=1S/C20H21F2N3O5/c1-11(19(27)24-10-12-3-4-13(21)16(9-12)29-2)25-20(28)17-15(23)6-5-14(22)18(17)30-8-7-26/h3-6,9,26H,1,7-8,10,23H2,2H3,(H,24,27)(H,25,28). The van der Waals surface area contributed by atoms with Crippen molar-refractivity contribution >= 4 is 17.5 Å². The summed E-state index contributed by atoms with van der Waals surface area (Å²) in [5.74, 6) is -3.47. The first-order chi connectivity index (χ1) is 14.3. The Hall–Kier alpha value is -3.66. The molecule has 0 atom stereocenters. The second-order valence-electron chi connectivity index (χ2n) is 6.00. The maximum absolute atomic E-state index is 14.0. The van der Waals surface area contributed by atoms with Crippen LogP contribution in [0.5, 0.6) is 11.5 Å². The number of carbonyl (C=O) groups is 2. The zero-order chi connectivity index (χ0) is 22.3. The number of aliphatic hydroxyl groups is 1. The Kier molecular flexibility index (Phi) is 7.70. The predicted molar refractivity (Wildman–Crippen MR) is 105 cm³/mol. The fourth-order valence-corrected chi connectivity index (χ4v) is 2.46. The van der Waals surface area contributed by atoms with Gasteiger partial charge in [-0.3, -0.25) is 9.59 Å². The van der Waals surface area contributed by atoms with E-state index in [-0.39, 0.29) is 35.8 Å². The molecule has 2 rings (SSSR count). The topological polar surface area (TPSA) is 123 Å². The maximum atomic E-state index is 14.0.